The van der Waals surface area contributed by atoms with Crippen molar-refractivity contribution >= 4 is 15.5 Å². The molecule has 134 valence electrons. The maximum Gasteiger partial charge on any atom is 0.419 e. The van der Waals surface area contributed by atoms with Gasteiger partial charge >= 0.3 is 15.5 Å². The summed E-state index contributed by atoms with van der Waals surface area (Å²) in [5.41, 5.74) is 0. The summed E-state index contributed by atoms with van der Waals surface area (Å²) < 4.78 is 45.8. The van der Waals surface area contributed by atoms with Gasteiger partial charge in [0.05, 0.1) is 26.4 Å². The molecule has 0 aliphatic heterocycles. The van der Waals surface area contributed by atoms with Crippen molar-refractivity contribution in [3.8, 4) is 0 Å². The van der Waals surface area contributed by atoms with Gasteiger partial charge in [-0.15, -0.1) is 10.4 Å². The predicted octanol–water partition coefficient (Wildman–Crippen LogP) is 4.00. The second-order valence-corrected chi connectivity index (χ2v) is 8.02. The molecular weight excluding hydrogens is 330 g/mol. The van der Waals surface area contributed by atoms with Crippen molar-refractivity contribution in [2.24, 2.45) is 0 Å². The molecule has 2 N–H and O–H groups in total. The Bertz CT molecular complexity index is 312. The topological polar surface area (TPSA) is 95.1 Å². The highest BCUT2D eigenvalue weighted by Gasteiger charge is 2.31. The van der Waals surface area contributed by atoms with Crippen molar-refractivity contribution in [1.29, 1.82) is 0 Å². The van der Waals surface area contributed by atoms with Gasteiger partial charge in [0.1, 0.15) is 0 Å². The zero-order valence-electron chi connectivity index (χ0n) is 14.0. The minimum absolute atomic E-state index is 0.256. The Hall–Kier alpha value is 0.220. The standard InChI is InChI=1S/C12H30N2O6P2/c1-5-9-17-21(15,18-10-6-2)13-14-22(16,19-11-7-3)20-12-8-4/h5-12H2,1-4H3,(H,13,15)(H,14,16). The number of hydrogen-bond acceptors (Lipinski definition) is 6. The number of hydrazine groups is 1. The summed E-state index contributed by atoms with van der Waals surface area (Å²) in [4.78, 5) is 0. The zero-order valence-corrected chi connectivity index (χ0v) is 15.8. The van der Waals surface area contributed by atoms with E-state index in [2.05, 4.69) is 10.4 Å². The minimum Gasteiger partial charge on any atom is -0.296 e. The van der Waals surface area contributed by atoms with E-state index in [1.54, 1.807) is 0 Å². The summed E-state index contributed by atoms with van der Waals surface area (Å²) in [6.07, 6.45) is 2.71. The van der Waals surface area contributed by atoms with Crippen LogP contribution < -0.4 is 10.4 Å². The van der Waals surface area contributed by atoms with Crippen LogP contribution in [0.4, 0.5) is 0 Å². The third kappa shape index (κ3) is 10.1. The summed E-state index contributed by atoms with van der Waals surface area (Å²) in [5.74, 6) is 0. The molecule has 0 unspecified atom stereocenters. The zero-order chi connectivity index (χ0) is 16.9. The highest BCUT2D eigenvalue weighted by atomic mass is 31.2. The lowest BCUT2D eigenvalue weighted by Crippen LogP contribution is -2.30. The summed E-state index contributed by atoms with van der Waals surface area (Å²) in [7, 11) is -7.21. The first-order valence-electron chi connectivity index (χ1n) is 7.78. The van der Waals surface area contributed by atoms with Crippen molar-refractivity contribution in [3.63, 3.8) is 0 Å². The Morgan fingerprint density at radius 3 is 1.00 bits per heavy atom. The summed E-state index contributed by atoms with van der Waals surface area (Å²) >= 11 is 0. The molecular formula is C12H30N2O6P2. The van der Waals surface area contributed by atoms with Crippen LogP contribution in [-0.2, 0) is 27.2 Å². The van der Waals surface area contributed by atoms with Crippen LogP contribution >= 0.6 is 15.5 Å². The molecule has 10 heteroatoms. The van der Waals surface area contributed by atoms with Crippen molar-refractivity contribution in [2.45, 2.75) is 53.4 Å². The second kappa shape index (κ2) is 12.6. The van der Waals surface area contributed by atoms with E-state index in [4.69, 9.17) is 18.1 Å². The molecule has 0 aromatic heterocycles. The lowest BCUT2D eigenvalue weighted by atomic mass is 10.5. The number of rotatable bonds is 15. The highest BCUT2D eigenvalue weighted by Crippen LogP contribution is 2.48. The van der Waals surface area contributed by atoms with Crippen LogP contribution in [0, 0.1) is 0 Å². The molecule has 0 saturated heterocycles. The molecule has 0 bridgehead atoms. The van der Waals surface area contributed by atoms with Gasteiger partial charge in [-0.1, -0.05) is 27.7 Å². The quantitative estimate of drug-likeness (QED) is 0.334. The molecule has 0 rings (SSSR count). The van der Waals surface area contributed by atoms with E-state index in [9.17, 15) is 9.13 Å². The molecule has 0 aliphatic rings. The van der Waals surface area contributed by atoms with E-state index < -0.39 is 15.5 Å². The molecule has 0 atom stereocenters. The van der Waals surface area contributed by atoms with Crippen molar-refractivity contribution in [2.75, 3.05) is 26.4 Å². The minimum atomic E-state index is -3.61. The Kier molecular flexibility index (Phi) is 12.7. The third-order valence-electron chi connectivity index (χ3n) is 2.19. The maximum atomic E-state index is 12.5. The molecule has 0 aliphatic carbocycles. The Morgan fingerprint density at radius 1 is 0.591 bits per heavy atom. The van der Waals surface area contributed by atoms with Crippen LogP contribution in [0.5, 0.6) is 0 Å². The third-order valence-corrected chi connectivity index (χ3v) is 5.22. The average Bonchev–Trinajstić information content (AvgIpc) is 2.53. The molecule has 8 nitrogen and oxygen atoms in total. The van der Waals surface area contributed by atoms with E-state index in [0.29, 0.717) is 25.7 Å². The molecule has 0 aromatic rings. The van der Waals surface area contributed by atoms with Gasteiger partial charge in [-0.2, -0.15) is 0 Å². The van der Waals surface area contributed by atoms with Crippen LogP contribution in [0.3, 0.4) is 0 Å². The van der Waals surface area contributed by atoms with Crippen LogP contribution in [0.25, 0.3) is 0 Å². The maximum absolute atomic E-state index is 12.5. The first-order chi connectivity index (χ1) is 10.4. The van der Waals surface area contributed by atoms with Gasteiger partial charge in [-0.05, 0) is 25.7 Å². The second-order valence-electron chi connectivity index (χ2n) is 4.55. The molecule has 0 radical (unpaired) electrons. The first-order valence-corrected chi connectivity index (χ1v) is 10.9. The molecule has 0 fully saturated rings. The fourth-order valence-corrected chi connectivity index (χ4v) is 4.25. The van der Waals surface area contributed by atoms with Crippen LogP contribution in [0.15, 0.2) is 0 Å². The van der Waals surface area contributed by atoms with E-state index in [1.165, 1.54) is 0 Å². The molecule has 22 heavy (non-hydrogen) atoms. The van der Waals surface area contributed by atoms with Crippen LogP contribution in [0.2, 0.25) is 0 Å². The normalized spacial score (nSPS) is 12.7. The van der Waals surface area contributed by atoms with Gasteiger partial charge in [0.15, 0.2) is 0 Å². The van der Waals surface area contributed by atoms with Gasteiger partial charge in [0, 0.05) is 0 Å². The first kappa shape index (κ1) is 22.2. The van der Waals surface area contributed by atoms with Gasteiger partial charge < -0.3 is 0 Å². The Balaban J connectivity index is 4.70. The van der Waals surface area contributed by atoms with E-state index in [1.807, 2.05) is 27.7 Å². The number of hydrogen-bond donors (Lipinski definition) is 2. The van der Waals surface area contributed by atoms with Crippen molar-refractivity contribution < 1.29 is 27.2 Å². The fraction of sp³-hybridized carbons (Fsp3) is 1.00. The van der Waals surface area contributed by atoms with Gasteiger partial charge in [-0.3, -0.25) is 18.1 Å². The lowest BCUT2D eigenvalue weighted by molar-refractivity contribution is 0.177. The average molecular weight is 360 g/mol. The van der Waals surface area contributed by atoms with Crippen LogP contribution in [-0.4, -0.2) is 26.4 Å². The smallest absolute Gasteiger partial charge is 0.296 e. The Morgan fingerprint density at radius 2 is 0.818 bits per heavy atom. The van der Waals surface area contributed by atoms with E-state index in [0.717, 1.165) is 0 Å². The fourth-order valence-electron chi connectivity index (χ4n) is 1.17. The van der Waals surface area contributed by atoms with Crippen molar-refractivity contribution in [1.82, 2.24) is 10.4 Å². The molecule has 0 amide bonds. The van der Waals surface area contributed by atoms with Gasteiger partial charge in [0.2, 0.25) is 0 Å². The number of nitrogens with one attached hydrogen (secondary N) is 2. The van der Waals surface area contributed by atoms with Crippen molar-refractivity contribution in [3.05, 3.63) is 0 Å². The predicted molar refractivity (Wildman–Crippen MR) is 86.5 cm³/mol. The van der Waals surface area contributed by atoms with Crippen LogP contribution in [0.1, 0.15) is 53.4 Å². The summed E-state index contributed by atoms with van der Waals surface area (Å²) in [5, 5.41) is 4.74. The molecule has 0 spiro atoms. The highest BCUT2D eigenvalue weighted by molar-refractivity contribution is 7.55. The Labute approximate surface area is 133 Å². The van der Waals surface area contributed by atoms with E-state index >= 15 is 0 Å². The molecule has 0 heterocycles. The largest absolute Gasteiger partial charge is 0.419 e. The van der Waals surface area contributed by atoms with Gasteiger partial charge in [-0.25, -0.2) is 9.13 Å². The molecule has 0 aromatic carbocycles. The summed E-state index contributed by atoms with van der Waals surface area (Å²) in [6, 6.07) is 0. The lowest BCUT2D eigenvalue weighted by Gasteiger charge is -2.23. The summed E-state index contributed by atoms with van der Waals surface area (Å²) in [6.45, 7) is 8.57. The SMILES string of the molecule is CCCOP(=O)(NNP(=O)(OCCC)OCCC)OCCC. The molecule has 0 saturated carbocycles. The van der Waals surface area contributed by atoms with E-state index in [-0.39, 0.29) is 26.4 Å². The monoisotopic (exact) mass is 360 g/mol. The van der Waals surface area contributed by atoms with Gasteiger partial charge in [0.25, 0.3) is 0 Å².